The number of nitrogens with zero attached hydrogens (tertiary/aromatic N) is 3. The van der Waals surface area contributed by atoms with Crippen LogP contribution in [0.3, 0.4) is 0 Å². The van der Waals surface area contributed by atoms with Crippen molar-refractivity contribution in [1.82, 2.24) is 20.1 Å². The summed E-state index contributed by atoms with van der Waals surface area (Å²) >= 11 is 0. The lowest BCUT2D eigenvalue weighted by Gasteiger charge is -2.24. The van der Waals surface area contributed by atoms with E-state index >= 15 is 0 Å². The highest BCUT2D eigenvalue weighted by Crippen LogP contribution is 2.28. The molecule has 1 aliphatic heterocycles. The lowest BCUT2D eigenvalue weighted by atomic mass is 10.0. The molecule has 1 aromatic carbocycles. The number of ketones is 1. The third-order valence-corrected chi connectivity index (χ3v) is 4.86. The molecule has 0 spiro atoms. The minimum Gasteiger partial charge on any atom is -0.371 e. The topological polar surface area (TPSA) is 69.0 Å². The van der Waals surface area contributed by atoms with Crippen LogP contribution in [0.4, 0.5) is 13.2 Å². The van der Waals surface area contributed by atoms with Gasteiger partial charge in [0.1, 0.15) is 0 Å². The normalized spacial score (nSPS) is 17.1. The molecule has 0 unspecified atom stereocenters. The zero-order valence-electron chi connectivity index (χ0n) is 15.9. The number of nitrogens with one attached hydrogen (secondary N) is 1. The standard InChI is InChI=1S/C21H19F3N4O2/c22-21(23,24)17-5-6-20(26-11-17)28-13-16(10-27-28)18(29)9-14-1-3-15(4-2-14)19-12-25-7-8-30-19/h1-6,10-11,13,19,25H,7-9,12H2/t19-/m1/s1. The molecular formula is C21H19F3N4O2. The van der Waals surface area contributed by atoms with Gasteiger partial charge in [0.05, 0.1) is 30.0 Å². The van der Waals surface area contributed by atoms with Crippen LogP contribution >= 0.6 is 0 Å². The van der Waals surface area contributed by atoms with Crippen LogP contribution in [0, 0.1) is 0 Å². The van der Waals surface area contributed by atoms with E-state index in [4.69, 9.17) is 4.74 Å². The fraction of sp³-hybridized carbons (Fsp3) is 0.286. The summed E-state index contributed by atoms with van der Waals surface area (Å²) in [6, 6.07) is 9.84. The van der Waals surface area contributed by atoms with Crippen molar-refractivity contribution in [2.75, 3.05) is 19.7 Å². The fourth-order valence-corrected chi connectivity index (χ4v) is 3.20. The summed E-state index contributed by atoms with van der Waals surface area (Å²) in [5.74, 6) is 0.0592. The number of rotatable bonds is 5. The first-order valence-electron chi connectivity index (χ1n) is 9.43. The fourth-order valence-electron chi connectivity index (χ4n) is 3.20. The van der Waals surface area contributed by atoms with E-state index in [-0.39, 0.29) is 24.1 Å². The Morgan fingerprint density at radius 1 is 1.17 bits per heavy atom. The van der Waals surface area contributed by atoms with Crippen LogP contribution in [0.5, 0.6) is 0 Å². The number of benzene rings is 1. The summed E-state index contributed by atoms with van der Waals surface area (Å²) in [5, 5.41) is 7.32. The number of Topliss-reactive ketones (excluding diaryl/α,β-unsaturated/α-hetero) is 1. The van der Waals surface area contributed by atoms with Crippen LogP contribution in [0.15, 0.2) is 55.0 Å². The van der Waals surface area contributed by atoms with E-state index in [0.29, 0.717) is 12.2 Å². The number of morpholine rings is 1. The van der Waals surface area contributed by atoms with Crippen molar-refractivity contribution in [3.05, 3.63) is 77.2 Å². The maximum atomic E-state index is 12.7. The molecule has 6 nitrogen and oxygen atoms in total. The van der Waals surface area contributed by atoms with Gasteiger partial charge in [0, 0.05) is 31.9 Å². The predicted octanol–water partition coefficient (Wildman–Crippen LogP) is 3.37. The summed E-state index contributed by atoms with van der Waals surface area (Å²) in [4.78, 5) is 16.4. The maximum absolute atomic E-state index is 12.7. The molecule has 0 aliphatic carbocycles. The minimum atomic E-state index is -4.45. The number of halogens is 3. The Labute approximate surface area is 170 Å². The molecule has 30 heavy (non-hydrogen) atoms. The Balaban J connectivity index is 1.41. The number of aromatic nitrogens is 3. The Kier molecular flexibility index (Phi) is 5.65. The number of ether oxygens (including phenoxy) is 1. The minimum absolute atomic E-state index is 0.0120. The van der Waals surface area contributed by atoms with E-state index in [2.05, 4.69) is 15.4 Å². The molecule has 0 amide bonds. The van der Waals surface area contributed by atoms with E-state index < -0.39 is 11.7 Å². The van der Waals surface area contributed by atoms with Gasteiger partial charge in [0.2, 0.25) is 0 Å². The molecule has 0 bridgehead atoms. The third-order valence-electron chi connectivity index (χ3n) is 4.86. The molecule has 1 aliphatic rings. The van der Waals surface area contributed by atoms with Gasteiger partial charge in [-0.25, -0.2) is 9.67 Å². The Morgan fingerprint density at radius 3 is 2.60 bits per heavy atom. The summed E-state index contributed by atoms with van der Waals surface area (Å²) in [7, 11) is 0. The van der Waals surface area contributed by atoms with E-state index in [0.717, 1.165) is 36.5 Å². The van der Waals surface area contributed by atoms with E-state index in [9.17, 15) is 18.0 Å². The predicted molar refractivity (Wildman–Crippen MR) is 102 cm³/mol. The highest BCUT2D eigenvalue weighted by molar-refractivity contribution is 5.97. The van der Waals surface area contributed by atoms with Crippen molar-refractivity contribution in [3.63, 3.8) is 0 Å². The van der Waals surface area contributed by atoms with Crippen molar-refractivity contribution in [2.45, 2.75) is 18.7 Å². The first-order chi connectivity index (χ1) is 14.4. The van der Waals surface area contributed by atoms with Crippen molar-refractivity contribution < 1.29 is 22.7 Å². The average molecular weight is 416 g/mol. The monoisotopic (exact) mass is 416 g/mol. The van der Waals surface area contributed by atoms with Gasteiger partial charge < -0.3 is 10.1 Å². The SMILES string of the molecule is O=C(Cc1ccc([C@H]2CNCCO2)cc1)c1cnn(-c2ccc(C(F)(F)F)cn2)c1. The molecule has 1 saturated heterocycles. The molecule has 156 valence electrons. The molecule has 2 aromatic heterocycles. The number of alkyl halides is 3. The van der Waals surface area contributed by atoms with Crippen LogP contribution in [0.25, 0.3) is 5.82 Å². The average Bonchev–Trinajstić information content (AvgIpc) is 3.25. The van der Waals surface area contributed by atoms with Crippen LogP contribution in [0.1, 0.15) is 33.2 Å². The van der Waals surface area contributed by atoms with Crippen LogP contribution in [0.2, 0.25) is 0 Å². The van der Waals surface area contributed by atoms with E-state index in [1.165, 1.54) is 23.1 Å². The quantitative estimate of drug-likeness (QED) is 0.646. The zero-order valence-corrected chi connectivity index (χ0v) is 15.9. The van der Waals surface area contributed by atoms with Gasteiger partial charge in [-0.2, -0.15) is 18.3 Å². The number of carbonyl (C=O) groups excluding carboxylic acids is 1. The maximum Gasteiger partial charge on any atom is 0.417 e. The largest absolute Gasteiger partial charge is 0.417 e. The molecule has 9 heteroatoms. The highest BCUT2D eigenvalue weighted by atomic mass is 19.4. The highest BCUT2D eigenvalue weighted by Gasteiger charge is 2.30. The number of pyridine rings is 1. The van der Waals surface area contributed by atoms with Gasteiger partial charge in [0.15, 0.2) is 11.6 Å². The van der Waals surface area contributed by atoms with E-state index in [1.54, 1.807) is 0 Å². The number of hydrogen-bond donors (Lipinski definition) is 1. The van der Waals surface area contributed by atoms with Gasteiger partial charge >= 0.3 is 6.18 Å². The molecule has 1 atom stereocenters. The van der Waals surface area contributed by atoms with Crippen LogP contribution in [-0.4, -0.2) is 40.2 Å². The molecule has 4 rings (SSSR count). The second-order valence-electron chi connectivity index (χ2n) is 6.98. The second kappa shape index (κ2) is 8.37. The summed E-state index contributed by atoms with van der Waals surface area (Å²) in [6.45, 7) is 2.27. The molecular weight excluding hydrogens is 397 g/mol. The lowest BCUT2D eigenvalue weighted by Crippen LogP contribution is -2.33. The molecule has 3 aromatic rings. The van der Waals surface area contributed by atoms with Crippen LogP contribution in [-0.2, 0) is 17.3 Å². The van der Waals surface area contributed by atoms with E-state index in [1.807, 2.05) is 24.3 Å². The van der Waals surface area contributed by atoms with Gasteiger partial charge in [-0.15, -0.1) is 0 Å². The Morgan fingerprint density at radius 2 is 1.97 bits per heavy atom. The summed E-state index contributed by atoms with van der Waals surface area (Å²) in [5.41, 5.74) is 1.43. The Bertz CT molecular complexity index is 1010. The Hall–Kier alpha value is -3.04. The van der Waals surface area contributed by atoms with Crippen molar-refractivity contribution in [3.8, 4) is 5.82 Å². The number of carbonyl (C=O) groups is 1. The van der Waals surface area contributed by atoms with Crippen molar-refractivity contribution in [2.24, 2.45) is 0 Å². The zero-order chi connectivity index (χ0) is 21.1. The first kappa shape index (κ1) is 20.2. The van der Waals surface area contributed by atoms with Gasteiger partial charge in [-0.05, 0) is 23.3 Å². The number of hydrogen-bond acceptors (Lipinski definition) is 5. The second-order valence-corrected chi connectivity index (χ2v) is 6.98. The lowest BCUT2D eigenvalue weighted by molar-refractivity contribution is -0.137. The van der Waals surface area contributed by atoms with Gasteiger partial charge in [0.25, 0.3) is 0 Å². The van der Waals surface area contributed by atoms with Crippen LogP contribution < -0.4 is 5.32 Å². The smallest absolute Gasteiger partial charge is 0.371 e. The van der Waals surface area contributed by atoms with Crippen molar-refractivity contribution >= 4 is 5.78 Å². The third kappa shape index (κ3) is 4.58. The molecule has 0 radical (unpaired) electrons. The summed E-state index contributed by atoms with van der Waals surface area (Å²) < 4.78 is 45.0. The van der Waals surface area contributed by atoms with Gasteiger partial charge in [-0.3, -0.25) is 4.79 Å². The molecule has 1 N–H and O–H groups in total. The van der Waals surface area contributed by atoms with Crippen molar-refractivity contribution in [1.29, 1.82) is 0 Å². The summed E-state index contributed by atoms with van der Waals surface area (Å²) in [6.07, 6.45) is -0.655. The molecule has 1 fully saturated rings. The van der Waals surface area contributed by atoms with Gasteiger partial charge in [-0.1, -0.05) is 24.3 Å². The first-order valence-corrected chi connectivity index (χ1v) is 9.43. The molecule has 3 heterocycles. The molecule has 0 saturated carbocycles.